The van der Waals surface area contributed by atoms with Gasteiger partial charge in [-0.1, -0.05) is 76.6 Å². The largest absolute Gasteiger partial charge is 0.491 e. The van der Waals surface area contributed by atoms with Gasteiger partial charge in [0.25, 0.3) is 0 Å². The fourth-order valence-electron chi connectivity index (χ4n) is 2.96. The van der Waals surface area contributed by atoms with E-state index in [1.165, 1.54) is 38.5 Å². The van der Waals surface area contributed by atoms with Crippen LogP contribution in [0.3, 0.4) is 0 Å². The average Bonchev–Trinajstić information content (AvgIpc) is 2.70. The molecule has 0 heterocycles. The van der Waals surface area contributed by atoms with Gasteiger partial charge in [-0.3, -0.25) is 0 Å². The van der Waals surface area contributed by atoms with Crippen molar-refractivity contribution in [3.05, 3.63) is 48.5 Å². The van der Waals surface area contributed by atoms with Gasteiger partial charge in [0.2, 0.25) is 0 Å². The van der Waals surface area contributed by atoms with Crippen LogP contribution in [0.1, 0.15) is 65.2 Å². The highest BCUT2D eigenvalue weighted by Gasteiger charge is 2.07. The highest BCUT2D eigenvalue weighted by atomic mass is 16.5. The number of para-hydroxylation sites is 4. The van der Waals surface area contributed by atoms with E-state index in [9.17, 15) is 0 Å². The molecule has 3 heteroatoms. The fourth-order valence-corrected chi connectivity index (χ4v) is 2.96. The second kappa shape index (κ2) is 13.1. The van der Waals surface area contributed by atoms with Crippen LogP contribution in [0.4, 0.5) is 11.4 Å². The van der Waals surface area contributed by atoms with Crippen LogP contribution < -0.4 is 14.8 Å². The standard InChI is InChI=1S/C24H35NO2/c1-3-5-7-13-19-26-23-17-11-9-15-21(23)25-22-16-10-12-18-24(22)27-20-14-8-6-4-2/h9-12,15-18,25H,3-8,13-14,19-20H2,1-2H3. The first kappa shape index (κ1) is 21.1. The Balaban J connectivity index is 1.94. The minimum absolute atomic E-state index is 0.758. The van der Waals surface area contributed by atoms with E-state index >= 15 is 0 Å². The third-order valence-corrected chi connectivity index (χ3v) is 4.55. The molecule has 0 spiro atoms. The summed E-state index contributed by atoms with van der Waals surface area (Å²) in [6, 6.07) is 16.2. The minimum Gasteiger partial charge on any atom is -0.491 e. The second-order valence-corrected chi connectivity index (χ2v) is 6.94. The van der Waals surface area contributed by atoms with E-state index < -0.39 is 0 Å². The molecule has 3 nitrogen and oxygen atoms in total. The summed E-state index contributed by atoms with van der Waals surface area (Å²) in [5.41, 5.74) is 1.96. The Morgan fingerprint density at radius 1 is 0.593 bits per heavy atom. The summed E-state index contributed by atoms with van der Waals surface area (Å²) < 4.78 is 12.0. The monoisotopic (exact) mass is 369 g/mol. The summed E-state index contributed by atoms with van der Waals surface area (Å²) in [6.07, 6.45) is 9.67. The molecule has 0 saturated heterocycles. The zero-order valence-electron chi connectivity index (χ0n) is 17.0. The predicted octanol–water partition coefficient (Wildman–Crippen LogP) is 7.35. The predicted molar refractivity (Wildman–Crippen MR) is 115 cm³/mol. The van der Waals surface area contributed by atoms with Crippen molar-refractivity contribution >= 4 is 11.4 Å². The molecule has 2 aromatic rings. The van der Waals surface area contributed by atoms with Crippen molar-refractivity contribution in [3.8, 4) is 11.5 Å². The molecule has 0 amide bonds. The molecule has 2 aromatic carbocycles. The average molecular weight is 370 g/mol. The maximum Gasteiger partial charge on any atom is 0.142 e. The van der Waals surface area contributed by atoms with E-state index in [1.807, 2.05) is 36.4 Å². The van der Waals surface area contributed by atoms with E-state index in [0.717, 1.165) is 48.9 Å². The smallest absolute Gasteiger partial charge is 0.142 e. The van der Waals surface area contributed by atoms with Crippen molar-refractivity contribution < 1.29 is 9.47 Å². The SMILES string of the molecule is CCCCCCOc1ccccc1Nc1ccccc1OCCCCCC. The highest BCUT2D eigenvalue weighted by molar-refractivity contribution is 5.70. The minimum atomic E-state index is 0.758. The number of hydrogen-bond donors (Lipinski definition) is 1. The first-order valence-corrected chi connectivity index (χ1v) is 10.6. The Labute approximate surface area is 165 Å². The van der Waals surface area contributed by atoms with E-state index in [1.54, 1.807) is 0 Å². The molecule has 0 aliphatic heterocycles. The van der Waals surface area contributed by atoms with E-state index in [4.69, 9.17) is 9.47 Å². The van der Waals surface area contributed by atoms with Gasteiger partial charge in [-0.15, -0.1) is 0 Å². The number of hydrogen-bond acceptors (Lipinski definition) is 3. The van der Waals surface area contributed by atoms with Gasteiger partial charge in [0.15, 0.2) is 0 Å². The molecule has 0 aromatic heterocycles. The number of unbranched alkanes of at least 4 members (excludes halogenated alkanes) is 6. The van der Waals surface area contributed by atoms with E-state index in [2.05, 4.69) is 31.3 Å². The summed E-state index contributed by atoms with van der Waals surface area (Å²) in [7, 11) is 0. The molecule has 148 valence electrons. The molecule has 0 unspecified atom stereocenters. The van der Waals surface area contributed by atoms with Crippen molar-refractivity contribution in [1.82, 2.24) is 0 Å². The zero-order valence-corrected chi connectivity index (χ0v) is 17.0. The summed E-state index contributed by atoms with van der Waals surface area (Å²) in [5.74, 6) is 1.79. The van der Waals surface area contributed by atoms with Gasteiger partial charge < -0.3 is 14.8 Å². The molecule has 27 heavy (non-hydrogen) atoms. The number of benzene rings is 2. The van der Waals surface area contributed by atoms with Crippen molar-refractivity contribution in [2.45, 2.75) is 65.2 Å². The number of anilines is 2. The normalized spacial score (nSPS) is 10.6. The van der Waals surface area contributed by atoms with Gasteiger partial charge in [0.05, 0.1) is 24.6 Å². The lowest BCUT2D eigenvalue weighted by Crippen LogP contribution is -2.03. The lowest BCUT2D eigenvalue weighted by Gasteiger charge is -2.16. The zero-order chi connectivity index (χ0) is 19.2. The molecular weight excluding hydrogens is 334 g/mol. The topological polar surface area (TPSA) is 30.5 Å². The van der Waals surface area contributed by atoms with Crippen LogP contribution in [0.15, 0.2) is 48.5 Å². The summed E-state index contributed by atoms with van der Waals surface area (Å²) in [4.78, 5) is 0. The van der Waals surface area contributed by atoms with Crippen LogP contribution in [0.25, 0.3) is 0 Å². The van der Waals surface area contributed by atoms with E-state index in [-0.39, 0.29) is 0 Å². The molecular formula is C24H35NO2. The number of rotatable bonds is 14. The number of nitrogens with one attached hydrogen (secondary N) is 1. The number of ether oxygens (including phenoxy) is 2. The third-order valence-electron chi connectivity index (χ3n) is 4.55. The van der Waals surface area contributed by atoms with Gasteiger partial charge >= 0.3 is 0 Å². The molecule has 0 fully saturated rings. The van der Waals surface area contributed by atoms with Crippen molar-refractivity contribution in [2.75, 3.05) is 18.5 Å². The van der Waals surface area contributed by atoms with E-state index in [0.29, 0.717) is 0 Å². The Hall–Kier alpha value is -2.16. The molecule has 0 saturated carbocycles. The quantitative estimate of drug-likeness (QED) is 0.353. The lowest BCUT2D eigenvalue weighted by molar-refractivity contribution is 0.305. The second-order valence-electron chi connectivity index (χ2n) is 6.94. The molecule has 0 radical (unpaired) electrons. The molecule has 0 aliphatic carbocycles. The van der Waals surface area contributed by atoms with Crippen molar-refractivity contribution in [3.63, 3.8) is 0 Å². The highest BCUT2D eigenvalue weighted by Crippen LogP contribution is 2.32. The maximum absolute atomic E-state index is 6.02. The summed E-state index contributed by atoms with van der Waals surface area (Å²) in [6.45, 7) is 5.97. The van der Waals surface area contributed by atoms with Gasteiger partial charge in [0.1, 0.15) is 11.5 Å². The van der Waals surface area contributed by atoms with Crippen LogP contribution in [0, 0.1) is 0 Å². The maximum atomic E-state index is 6.02. The molecule has 2 rings (SSSR count). The van der Waals surface area contributed by atoms with Crippen LogP contribution in [-0.2, 0) is 0 Å². The third kappa shape index (κ3) is 7.94. The first-order valence-electron chi connectivity index (χ1n) is 10.6. The van der Waals surface area contributed by atoms with Crippen LogP contribution in [0.5, 0.6) is 11.5 Å². The van der Waals surface area contributed by atoms with Gasteiger partial charge in [-0.25, -0.2) is 0 Å². The van der Waals surface area contributed by atoms with Crippen LogP contribution in [-0.4, -0.2) is 13.2 Å². The molecule has 1 N–H and O–H groups in total. The van der Waals surface area contributed by atoms with Gasteiger partial charge in [-0.05, 0) is 37.1 Å². The van der Waals surface area contributed by atoms with Gasteiger partial charge in [0, 0.05) is 0 Å². The lowest BCUT2D eigenvalue weighted by atomic mass is 10.2. The summed E-state index contributed by atoms with van der Waals surface area (Å²) >= 11 is 0. The Morgan fingerprint density at radius 3 is 1.48 bits per heavy atom. The molecule has 0 bridgehead atoms. The first-order chi connectivity index (χ1) is 13.3. The van der Waals surface area contributed by atoms with Crippen LogP contribution >= 0.6 is 0 Å². The van der Waals surface area contributed by atoms with Crippen molar-refractivity contribution in [2.24, 2.45) is 0 Å². The van der Waals surface area contributed by atoms with Crippen molar-refractivity contribution in [1.29, 1.82) is 0 Å². The Bertz CT molecular complexity index is 586. The molecule has 0 aliphatic rings. The summed E-state index contributed by atoms with van der Waals surface area (Å²) in [5, 5.41) is 3.50. The van der Waals surface area contributed by atoms with Gasteiger partial charge in [-0.2, -0.15) is 0 Å². The Morgan fingerprint density at radius 2 is 1.04 bits per heavy atom. The van der Waals surface area contributed by atoms with Crippen LogP contribution in [0.2, 0.25) is 0 Å². The molecule has 0 atom stereocenters. The fraction of sp³-hybridized carbons (Fsp3) is 0.500. The Kier molecular flexibility index (Phi) is 10.2.